The number of nitrogens with one attached hydrogen (secondary N) is 1. The Morgan fingerprint density at radius 2 is 2.12 bits per heavy atom. The van der Waals surface area contributed by atoms with E-state index in [9.17, 15) is 0 Å². The first-order valence-corrected chi connectivity index (χ1v) is 5.16. The first-order chi connectivity index (χ1) is 7.85. The van der Waals surface area contributed by atoms with Crippen LogP contribution in [0.1, 0.15) is 23.2 Å². The molecule has 0 aliphatic carbocycles. The average Bonchev–Trinajstić information content (AvgIpc) is 2.80. The fourth-order valence-corrected chi connectivity index (χ4v) is 1.65. The van der Waals surface area contributed by atoms with Crippen LogP contribution in [0, 0.1) is 0 Å². The van der Waals surface area contributed by atoms with E-state index in [1.165, 1.54) is 0 Å². The third kappa shape index (κ3) is 2.13. The number of benzene rings is 1. The summed E-state index contributed by atoms with van der Waals surface area (Å²) in [6.07, 6.45) is 1.58. The minimum absolute atomic E-state index is 0.165. The lowest BCUT2D eigenvalue weighted by Gasteiger charge is -2.12. The van der Waals surface area contributed by atoms with Crippen molar-refractivity contribution in [3.8, 4) is 0 Å². The molecule has 1 aromatic heterocycles. The topological polar surface area (TPSA) is 63.9 Å². The van der Waals surface area contributed by atoms with Gasteiger partial charge in [0.25, 0.3) is 0 Å². The van der Waals surface area contributed by atoms with Gasteiger partial charge in [0, 0.05) is 25.5 Å². The maximum Gasteiger partial charge on any atom is 0.140 e. The molecule has 1 atom stereocenters. The molecule has 0 bridgehead atoms. The molecule has 4 nitrogen and oxygen atoms in total. The summed E-state index contributed by atoms with van der Waals surface area (Å²) in [5.41, 5.74) is 7.51. The van der Waals surface area contributed by atoms with Crippen LogP contribution in [-0.2, 0) is 11.3 Å². The van der Waals surface area contributed by atoms with E-state index in [2.05, 4.69) is 9.97 Å². The number of H-pyrrole nitrogens is 1. The quantitative estimate of drug-likeness (QED) is 0.817. The smallest absolute Gasteiger partial charge is 0.140 e. The fraction of sp³-hybridized carbons (Fsp3) is 0.250. The monoisotopic (exact) mass is 217 g/mol. The van der Waals surface area contributed by atoms with Crippen molar-refractivity contribution in [2.75, 3.05) is 7.11 Å². The number of nitrogens with zero attached hydrogens (tertiary/aromatic N) is 1. The van der Waals surface area contributed by atoms with Crippen molar-refractivity contribution in [3.63, 3.8) is 0 Å². The van der Waals surface area contributed by atoms with Crippen LogP contribution in [0.4, 0.5) is 0 Å². The van der Waals surface area contributed by atoms with E-state index < -0.39 is 0 Å². The normalized spacial score (nSPS) is 12.6. The van der Waals surface area contributed by atoms with E-state index in [1.54, 1.807) is 13.3 Å². The summed E-state index contributed by atoms with van der Waals surface area (Å²) in [5, 5.41) is 0. The van der Waals surface area contributed by atoms with Crippen molar-refractivity contribution in [2.45, 2.75) is 12.6 Å². The predicted octanol–water partition coefficient (Wildman–Crippen LogP) is 1.60. The van der Waals surface area contributed by atoms with Crippen molar-refractivity contribution < 1.29 is 4.74 Å². The molecule has 0 saturated heterocycles. The second-order valence-corrected chi connectivity index (χ2v) is 3.52. The highest BCUT2D eigenvalue weighted by molar-refractivity contribution is 5.23. The summed E-state index contributed by atoms with van der Waals surface area (Å²) in [4.78, 5) is 7.43. The Bertz CT molecular complexity index is 439. The van der Waals surface area contributed by atoms with Crippen molar-refractivity contribution in [1.29, 1.82) is 0 Å². The first kappa shape index (κ1) is 10.9. The Hall–Kier alpha value is -1.65. The van der Waals surface area contributed by atoms with Crippen LogP contribution < -0.4 is 5.73 Å². The summed E-state index contributed by atoms with van der Waals surface area (Å²) in [5.74, 6) is 0.786. The van der Waals surface area contributed by atoms with Crippen LogP contribution in [0.15, 0.2) is 36.5 Å². The number of rotatable bonds is 4. The van der Waals surface area contributed by atoms with Gasteiger partial charge in [0.2, 0.25) is 0 Å². The molecule has 2 rings (SSSR count). The Morgan fingerprint density at radius 3 is 2.69 bits per heavy atom. The molecule has 3 N–H and O–H groups in total. The zero-order valence-electron chi connectivity index (χ0n) is 9.18. The van der Waals surface area contributed by atoms with Crippen LogP contribution >= 0.6 is 0 Å². The van der Waals surface area contributed by atoms with Crippen LogP contribution in [0.2, 0.25) is 0 Å². The van der Waals surface area contributed by atoms with Gasteiger partial charge in [-0.2, -0.15) is 0 Å². The van der Waals surface area contributed by atoms with Gasteiger partial charge in [-0.1, -0.05) is 30.3 Å². The lowest BCUT2D eigenvalue weighted by molar-refractivity contribution is 0.129. The molecule has 0 aliphatic heterocycles. The zero-order chi connectivity index (χ0) is 11.4. The van der Waals surface area contributed by atoms with Crippen molar-refractivity contribution in [1.82, 2.24) is 9.97 Å². The number of aromatic amines is 1. The number of methoxy groups -OCH3 is 1. The van der Waals surface area contributed by atoms with Crippen LogP contribution in [0.3, 0.4) is 0 Å². The van der Waals surface area contributed by atoms with Crippen LogP contribution in [0.25, 0.3) is 0 Å². The fourth-order valence-electron chi connectivity index (χ4n) is 1.65. The number of aromatic nitrogens is 2. The number of ether oxygens (including phenoxy) is 1. The highest BCUT2D eigenvalue weighted by Gasteiger charge is 2.15. The van der Waals surface area contributed by atoms with Crippen LogP contribution in [-0.4, -0.2) is 17.1 Å². The van der Waals surface area contributed by atoms with Gasteiger partial charge in [0.15, 0.2) is 0 Å². The Morgan fingerprint density at radius 1 is 1.38 bits per heavy atom. The maximum atomic E-state index is 5.53. The van der Waals surface area contributed by atoms with Gasteiger partial charge in [0.05, 0.1) is 0 Å². The predicted molar refractivity (Wildman–Crippen MR) is 61.8 cm³/mol. The molecule has 4 heteroatoms. The van der Waals surface area contributed by atoms with Crippen molar-refractivity contribution in [3.05, 3.63) is 53.6 Å². The molecule has 0 spiro atoms. The Kier molecular flexibility index (Phi) is 3.34. The molecule has 0 fully saturated rings. The highest BCUT2D eigenvalue weighted by Crippen LogP contribution is 2.22. The van der Waals surface area contributed by atoms with Crippen LogP contribution in [0.5, 0.6) is 0 Å². The molecule has 0 aliphatic rings. The summed E-state index contributed by atoms with van der Waals surface area (Å²) in [7, 11) is 1.67. The van der Waals surface area contributed by atoms with Gasteiger partial charge in [-0.15, -0.1) is 0 Å². The Labute approximate surface area is 94.5 Å². The molecule has 2 aromatic rings. The average molecular weight is 217 g/mol. The van der Waals surface area contributed by atoms with Gasteiger partial charge in [-0.3, -0.25) is 0 Å². The third-order valence-corrected chi connectivity index (χ3v) is 2.45. The van der Waals surface area contributed by atoms with E-state index in [4.69, 9.17) is 10.5 Å². The summed E-state index contributed by atoms with van der Waals surface area (Å²) in [6.45, 7) is 0.457. The second kappa shape index (κ2) is 4.92. The lowest BCUT2D eigenvalue weighted by atomic mass is 10.1. The molecule has 1 aromatic carbocycles. The van der Waals surface area contributed by atoms with Crippen molar-refractivity contribution in [2.24, 2.45) is 5.73 Å². The molecule has 1 heterocycles. The van der Waals surface area contributed by atoms with Gasteiger partial charge in [-0.05, 0) is 5.56 Å². The Balaban J connectivity index is 2.29. The van der Waals surface area contributed by atoms with Gasteiger partial charge in [0.1, 0.15) is 11.9 Å². The minimum Gasteiger partial charge on any atom is -0.369 e. The largest absolute Gasteiger partial charge is 0.369 e. The lowest BCUT2D eigenvalue weighted by Crippen LogP contribution is -2.06. The molecular weight excluding hydrogens is 202 g/mol. The number of hydrogen-bond donors (Lipinski definition) is 2. The van der Waals surface area contributed by atoms with Gasteiger partial charge < -0.3 is 15.5 Å². The van der Waals surface area contributed by atoms with E-state index in [0.717, 1.165) is 17.1 Å². The molecule has 0 radical (unpaired) electrons. The summed E-state index contributed by atoms with van der Waals surface area (Å²) < 4.78 is 5.45. The zero-order valence-corrected chi connectivity index (χ0v) is 9.18. The molecular formula is C12H15N3O. The van der Waals surface area contributed by atoms with Gasteiger partial charge >= 0.3 is 0 Å². The number of imidazole rings is 1. The third-order valence-electron chi connectivity index (χ3n) is 2.45. The maximum absolute atomic E-state index is 5.53. The standard InChI is InChI=1S/C12H15N3O/c1-16-11(9-5-3-2-4-6-9)12-14-8-10(7-13)15-12/h2-6,8,11H,7,13H2,1H3,(H,14,15). The SMILES string of the molecule is COC(c1ccccc1)c1ncc(CN)[nH]1. The second-order valence-electron chi connectivity index (χ2n) is 3.52. The molecule has 0 saturated carbocycles. The molecule has 0 amide bonds. The molecule has 84 valence electrons. The van der Waals surface area contributed by atoms with E-state index in [-0.39, 0.29) is 6.10 Å². The summed E-state index contributed by atoms with van der Waals surface area (Å²) >= 11 is 0. The summed E-state index contributed by atoms with van der Waals surface area (Å²) in [6, 6.07) is 9.96. The van der Waals surface area contributed by atoms with Gasteiger partial charge in [-0.25, -0.2) is 4.98 Å². The number of hydrogen-bond acceptors (Lipinski definition) is 3. The molecule has 1 unspecified atom stereocenters. The molecule has 16 heavy (non-hydrogen) atoms. The van der Waals surface area contributed by atoms with E-state index in [1.807, 2.05) is 30.3 Å². The number of nitrogens with two attached hydrogens (primary N) is 1. The van der Waals surface area contributed by atoms with Crippen molar-refractivity contribution >= 4 is 0 Å². The van der Waals surface area contributed by atoms with E-state index in [0.29, 0.717) is 6.54 Å². The minimum atomic E-state index is -0.165. The first-order valence-electron chi connectivity index (χ1n) is 5.16. The van der Waals surface area contributed by atoms with E-state index >= 15 is 0 Å². The highest BCUT2D eigenvalue weighted by atomic mass is 16.5.